The molecule has 25 heavy (non-hydrogen) atoms. The molecule has 0 aliphatic carbocycles. The minimum absolute atomic E-state index is 0.298. The first kappa shape index (κ1) is 22.1. The Morgan fingerprint density at radius 1 is 1.04 bits per heavy atom. The number of aliphatic carboxylic acids is 1. The van der Waals surface area contributed by atoms with Crippen LogP contribution in [0.1, 0.15) is 71.1 Å². The van der Waals surface area contributed by atoms with Crippen LogP contribution in [0.5, 0.6) is 0 Å². The quantitative estimate of drug-likeness (QED) is 0.346. The minimum Gasteiger partial charge on any atom is -0.478 e. The van der Waals surface area contributed by atoms with Gasteiger partial charge in [-0.3, -0.25) is 0 Å². The zero-order valence-corrected chi connectivity index (χ0v) is 15.3. The molecule has 0 saturated carbocycles. The molecule has 0 aromatic heterocycles. The van der Waals surface area contributed by atoms with Gasteiger partial charge < -0.3 is 24.8 Å². The van der Waals surface area contributed by atoms with E-state index in [-0.39, 0.29) is 6.10 Å². The molecule has 0 amide bonds. The summed E-state index contributed by atoms with van der Waals surface area (Å²) in [6.07, 6.45) is 10.8. The van der Waals surface area contributed by atoms with E-state index in [1.165, 1.54) is 31.8 Å². The van der Waals surface area contributed by atoms with E-state index < -0.39 is 24.5 Å². The summed E-state index contributed by atoms with van der Waals surface area (Å²) in [5, 5.41) is 27.9. The fourth-order valence-corrected chi connectivity index (χ4v) is 2.90. The van der Waals surface area contributed by atoms with Crippen molar-refractivity contribution in [3.8, 4) is 0 Å². The molecule has 6 nitrogen and oxygen atoms in total. The largest absolute Gasteiger partial charge is 0.478 e. The highest BCUT2D eigenvalue weighted by Gasteiger charge is 2.34. The number of ether oxygens (including phenoxy) is 2. The standard InChI is InChI=1S/C19H34O6/c1-15-16(20)14-17(21)19(25-15)24-13-11-9-7-5-3-2-4-6-8-10-12-18(22)23/h10,12,15-17,19-21H,2-9,11,13-14H2,1H3,(H,22,23). The molecule has 1 rings (SSSR count). The van der Waals surface area contributed by atoms with Crippen LogP contribution in [-0.2, 0) is 14.3 Å². The molecule has 4 atom stereocenters. The molecule has 4 unspecified atom stereocenters. The van der Waals surface area contributed by atoms with Gasteiger partial charge in [0.05, 0.1) is 12.2 Å². The predicted molar refractivity (Wildman–Crippen MR) is 95.2 cm³/mol. The highest BCUT2D eigenvalue weighted by atomic mass is 16.7. The average molecular weight is 358 g/mol. The molecular weight excluding hydrogens is 324 g/mol. The number of aliphatic hydroxyl groups excluding tert-OH is 2. The molecule has 0 bridgehead atoms. The van der Waals surface area contributed by atoms with Gasteiger partial charge in [0.2, 0.25) is 0 Å². The maximum Gasteiger partial charge on any atom is 0.327 e. The monoisotopic (exact) mass is 358 g/mol. The summed E-state index contributed by atoms with van der Waals surface area (Å²) in [6.45, 7) is 2.36. The summed E-state index contributed by atoms with van der Waals surface area (Å²) in [4.78, 5) is 10.3. The van der Waals surface area contributed by atoms with Crippen molar-refractivity contribution in [1.29, 1.82) is 0 Å². The molecule has 1 aliphatic rings. The Bertz CT molecular complexity index is 384. The first-order valence-electron chi connectivity index (χ1n) is 9.53. The lowest BCUT2D eigenvalue weighted by Gasteiger charge is -2.35. The molecule has 146 valence electrons. The Hall–Kier alpha value is -0.950. The number of hydrogen-bond acceptors (Lipinski definition) is 5. The van der Waals surface area contributed by atoms with Gasteiger partial charge in [-0.15, -0.1) is 0 Å². The predicted octanol–water partition coefficient (Wildman–Crippen LogP) is 3.01. The molecule has 6 heteroatoms. The molecule has 0 aromatic carbocycles. The highest BCUT2D eigenvalue weighted by Crippen LogP contribution is 2.21. The van der Waals surface area contributed by atoms with Gasteiger partial charge in [-0.2, -0.15) is 0 Å². The van der Waals surface area contributed by atoms with Gasteiger partial charge in [0.25, 0.3) is 0 Å². The van der Waals surface area contributed by atoms with E-state index >= 15 is 0 Å². The molecule has 1 saturated heterocycles. The average Bonchev–Trinajstić information content (AvgIpc) is 2.56. The number of allylic oxidation sites excluding steroid dienone is 1. The second-order valence-corrected chi connectivity index (χ2v) is 6.81. The van der Waals surface area contributed by atoms with E-state index in [2.05, 4.69) is 0 Å². The Morgan fingerprint density at radius 3 is 2.28 bits per heavy atom. The molecule has 1 heterocycles. The van der Waals surface area contributed by atoms with E-state index in [1.807, 2.05) is 0 Å². The van der Waals surface area contributed by atoms with Crippen molar-refractivity contribution in [2.24, 2.45) is 0 Å². The van der Waals surface area contributed by atoms with Crippen molar-refractivity contribution in [3.63, 3.8) is 0 Å². The number of unbranched alkanes of at least 4 members (excludes halogenated alkanes) is 8. The molecule has 0 spiro atoms. The summed E-state index contributed by atoms with van der Waals surface area (Å²) in [5.74, 6) is -0.874. The van der Waals surface area contributed by atoms with Gasteiger partial charge in [0.15, 0.2) is 6.29 Å². The van der Waals surface area contributed by atoms with Crippen molar-refractivity contribution in [2.45, 2.75) is 95.7 Å². The maximum atomic E-state index is 10.3. The van der Waals surface area contributed by atoms with Gasteiger partial charge in [-0.1, -0.05) is 44.6 Å². The first-order chi connectivity index (χ1) is 12.0. The summed E-state index contributed by atoms with van der Waals surface area (Å²) in [7, 11) is 0. The molecule has 0 aromatic rings. The van der Waals surface area contributed by atoms with Crippen LogP contribution in [0.2, 0.25) is 0 Å². The van der Waals surface area contributed by atoms with Crippen LogP contribution in [0.3, 0.4) is 0 Å². The zero-order chi connectivity index (χ0) is 18.5. The van der Waals surface area contributed by atoms with Crippen molar-refractivity contribution in [3.05, 3.63) is 12.2 Å². The fourth-order valence-electron chi connectivity index (χ4n) is 2.90. The van der Waals surface area contributed by atoms with Crippen molar-refractivity contribution in [2.75, 3.05) is 6.61 Å². The third kappa shape index (κ3) is 10.6. The smallest absolute Gasteiger partial charge is 0.327 e. The summed E-state index contributed by atoms with van der Waals surface area (Å²) in [5.41, 5.74) is 0. The van der Waals surface area contributed by atoms with Crippen LogP contribution in [0.25, 0.3) is 0 Å². The van der Waals surface area contributed by atoms with Crippen LogP contribution in [0.4, 0.5) is 0 Å². The van der Waals surface area contributed by atoms with E-state index in [4.69, 9.17) is 14.6 Å². The van der Waals surface area contributed by atoms with Gasteiger partial charge >= 0.3 is 5.97 Å². The van der Waals surface area contributed by atoms with Crippen molar-refractivity contribution >= 4 is 5.97 Å². The lowest BCUT2D eigenvalue weighted by molar-refractivity contribution is -0.261. The van der Waals surface area contributed by atoms with Gasteiger partial charge in [-0.05, 0) is 26.2 Å². The third-order valence-electron chi connectivity index (χ3n) is 4.50. The molecule has 1 fully saturated rings. The molecule has 0 radical (unpaired) electrons. The van der Waals surface area contributed by atoms with E-state index in [0.29, 0.717) is 13.0 Å². The number of aliphatic hydroxyl groups is 2. The zero-order valence-electron chi connectivity index (χ0n) is 15.3. The van der Waals surface area contributed by atoms with Gasteiger partial charge in [0.1, 0.15) is 6.10 Å². The molecular formula is C19H34O6. The normalized spacial score (nSPS) is 27.0. The van der Waals surface area contributed by atoms with E-state index in [1.54, 1.807) is 13.0 Å². The van der Waals surface area contributed by atoms with Crippen LogP contribution < -0.4 is 0 Å². The van der Waals surface area contributed by atoms with Gasteiger partial charge in [0, 0.05) is 19.1 Å². The Kier molecular flexibility index (Phi) is 11.7. The number of carbonyl (C=O) groups is 1. The summed E-state index contributed by atoms with van der Waals surface area (Å²) >= 11 is 0. The van der Waals surface area contributed by atoms with Crippen LogP contribution in [-0.4, -0.2) is 52.5 Å². The highest BCUT2D eigenvalue weighted by molar-refractivity contribution is 5.79. The first-order valence-corrected chi connectivity index (χ1v) is 9.53. The topological polar surface area (TPSA) is 96.2 Å². The molecule has 3 N–H and O–H groups in total. The van der Waals surface area contributed by atoms with Crippen molar-refractivity contribution in [1.82, 2.24) is 0 Å². The summed E-state index contributed by atoms with van der Waals surface area (Å²) < 4.78 is 11.0. The lowest BCUT2D eigenvalue weighted by atomic mass is 10.0. The van der Waals surface area contributed by atoms with Crippen LogP contribution in [0, 0.1) is 0 Å². The van der Waals surface area contributed by atoms with E-state index in [9.17, 15) is 15.0 Å². The maximum absolute atomic E-state index is 10.3. The minimum atomic E-state index is -0.874. The second-order valence-electron chi connectivity index (χ2n) is 6.81. The second kappa shape index (κ2) is 13.3. The third-order valence-corrected chi connectivity index (χ3v) is 4.50. The van der Waals surface area contributed by atoms with Gasteiger partial charge in [-0.25, -0.2) is 4.79 Å². The number of carboxylic acids is 1. The van der Waals surface area contributed by atoms with Crippen LogP contribution >= 0.6 is 0 Å². The Labute approximate surface area is 150 Å². The number of rotatable bonds is 13. The summed E-state index contributed by atoms with van der Waals surface area (Å²) in [6, 6.07) is 0. The van der Waals surface area contributed by atoms with Crippen LogP contribution in [0.15, 0.2) is 12.2 Å². The fraction of sp³-hybridized carbons (Fsp3) is 0.842. The van der Waals surface area contributed by atoms with Crippen molar-refractivity contribution < 1.29 is 29.6 Å². The molecule has 1 aliphatic heterocycles. The van der Waals surface area contributed by atoms with E-state index in [0.717, 1.165) is 32.1 Å². The Balaban J connectivity index is 1.87. The number of hydrogen-bond donors (Lipinski definition) is 3. The Morgan fingerprint density at radius 2 is 1.64 bits per heavy atom. The lowest BCUT2D eigenvalue weighted by Crippen LogP contribution is -2.47. The number of carboxylic acid groups (broad SMARTS) is 1. The SMILES string of the molecule is CC1OC(OCCCCCCCCCCC=CC(=O)O)C(O)CC1O.